The van der Waals surface area contributed by atoms with Crippen molar-refractivity contribution in [2.24, 2.45) is 0 Å². The lowest BCUT2D eigenvalue weighted by Gasteiger charge is -2.12. The first-order valence-corrected chi connectivity index (χ1v) is 9.39. The Morgan fingerprint density at radius 1 is 1.07 bits per heavy atom. The lowest BCUT2D eigenvalue weighted by molar-refractivity contribution is 0.0949. The highest BCUT2D eigenvalue weighted by Crippen LogP contribution is 2.17. The fourth-order valence-electron chi connectivity index (χ4n) is 2.85. The summed E-state index contributed by atoms with van der Waals surface area (Å²) in [6.07, 6.45) is 6.09. The van der Waals surface area contributed by atoms with Gasteiger partial charge in [0.25, 0.3) is 11.8 Å². The van der Waals surface area contributed by atoms with Crippen molar-refractivity contribution in [2.45, 2.75) is 13.0 Å². The molecule has 0 bridgehead atoms. The number of nitrogens with zero attached hydrogens (tertiary/aromatic N) is 2. The van der Waals surface area contributed by atoms with Gasteiger partial charge in [-0.1, -0.05) is 24.3 Å². The normalized spacial score (nSPS) is 10.5. The fraction of sp³-hybridized carbons (Fsp3) is 0.227. The van der Waals surface area contributed by atoms with Crippen LogP contribution in [-0.2, 0) is 11.3 Å². The smallest absolute Gasteiger partial charge is 0.255 e. The van der Waals surface area contributed by atoms with E-state index < -0.39 is 0 Å². The highest BCUT2D eigenvalue weighted by Gasteiger charge is 2.14. The van der Waals surface area contributed by atoms with Gasteiger partial charge in [-0.15, -0.1) is 0 Å². The number of hydrogen-bond acceptors (Lipinski definition) is 4. The van der Waals surface area contributed by atoms with Gasteiger partial charge in [-0.25, -0.2) is 4.98 Å². The summed E-state index contributed by atoms with van der Waals surface area (Å²) in [4.78, 5) is 29.1. The predicted molar refractivity (Wildman–Crippen MR) is 111 cm³/mol. The van der Waals surface area contributed by atoms with Crippen LogP contribution in [0.25, 0.3) is 0 Å². The second kappa shape index (κ2) is 10.2. The van der Waals surface area contributed by atoms with E-state index in [9.17, 15) is 9.59 Å². The van der Waals surface area contributed by atoms with Crippen molar-refractivity contribution in [3.63, 3.8) is 0 Å². The van der Waals surface area contributed by atoms with E-state index in [2.05, 4.69) is 15.6 Å². The molecule has 0 aliphatic heterocycles. The SMILES string of the molecule is COCCCNC(=O)c1ccccc1NC(=O)c1ccc(Cn2ccnc2)cc1. The van der Waals surface area contributed by atoms with Crippen LogP contribution in [-0.4, -0.2) is 41.6 Å². The Morgan fingerprint density at radius 2 is 1.86 bits per heavy atom. The standard InChI is InChI=1S/C22H24N4O3/c1-29-14-4-11-24-22(28)19-5-2-3-6-20(19)25-21(27)18-9-7-17(8-10-18)15-26-13-12-23-16-26/h2-3,5-10,12-13,16H,4,11,14-15H2,1H3,(H,24,28)(H,25,27). The van der Waals surface area contributed by atoms with Gasteiger partial charge in [0.15, 0.2) is 0 Å². The molecule has 150 valence electrons. The number of para-hydroxylation sites is 1. The van der Waals surface area contributed by atoms with Crippen LogP contribution in [0, 0.1) is 0 Å². The Hall–Kier alpha value is -3.45. The molecule has 2 amide bonds. The number of anilines is 1. The summed E-state index contributed by atoms with van der Waals surface area (Å²) >= 11 is 0. The molecule has 3 aromatic rings. The number of rotatable bonds is 9. The summed E-state index contributed by atoms with van der Waals surface area (Å²) in [6.45, 7) is 1.77. The first-order valence-electron chi connectivity index (χ1n) is 9.39. The third-order valence-corrected chi connectivity index (χ3v) is 4.37. The van der Waals surface area contributed by atoms with Gasteiger partial charge in [0, 0.05) is 44.8 Å². The van der Waals surface area contributed by atoms with Crippen LogP contribution < -0.4 is 10.6 Å². The topological polar surface area (TPSA) is 85.3 Å². The number of aromatic nitrogens is 2. The van der Waals surface area contributed by atoms with Crippen LogP contribution in [0.15, 0.2) is 67.3 Å². The Morgan fingerprint density at radius 3 is 2.59 bits per heavy atom. The Balaban J connectivity index is 1.63. The van der Waals surface area contributed by atoms with Gasteiger partial charge < -0.3 is 19.9 Å². The Labute approximate surface area is 169 Å². The maximum absolute atomic E-state index is 12.6. The van der Waals surface area contributed by atoms with E-state index in [1.165, 1.54) is 0 Å². The van der Waals surface area contributed by atoms with Crippen LogP contribution >= 0.6 is 0 Å². The van der Waals surface area contributed by atoms with Crippen molar-refractivity contribution in [1.29, 1.82) is 0 Å². The summed E-state index contributed by atoms with van der Waals surface area (Å²) in [5.41, 5.74) is 2.49. The minimum Gasteiger partial charge on any atom is -0.385 e. The van der Waals surface area contributed by atoms with Crippen LogP contribution in [0.1, 0.15) is 32.7 Å². The van der Waals surface area contributed by atoms with Gasteiger partial charge in [0.2, 0.25) is 0 Å². The van der Waals surface area contributed by atoms with E-state index in [1.54, 1.807) is 56.0 Å². The second-order valence-electron chi connectivity index (χ2n) is 6.53. The van der Waals surface area contributed by atoms with Crippen LogP contribution in [0.2, 0.25) is 0 Å². The zero-order chi connectivity index (χ0) is 20.5. The van der Waals surface area contributed by atoms with E-state index >= 15 is 0 Å². The van der Waals surface area contributed by atoms with Gasteiger partial charge >= 0.3 is 0 Å². The predicted octanol–water partition coefficient (Wildman–Crippen LogP) is 2.95. The van der Waals surface area contributed by atoms with Crippen molar-refractivity contribution >= 4 is 17.5 Å². The van der Waals surface area contributed by atoms with Gasteiger partial charge in [-0.2, -0.15) is 0 Å². The number of benzene rings is 2. The third kappa shape index (κ3) is 5.76. The van der Waals surface area contributed by atoms with Crippen LogP contribution in [0.5, 0.6) is 0 Å². The molecule has 0 saturated carbocycles. The van der Waals surface area contributed by atoms with Crippen molar-refractivity contribution < 1.29 is 14.3 Å². The van der Waals surface area contributed by atoms with E-state index in [1.807, 2.05) is 22.9 Å². The van der Waals surface area contributed by atoms with Gasteiger partial charge in [0.05, 0.1) is 17.6 Å². The first kappa shape index (κ1) is 20.3. The summed E-state index contributed by atoms with van der Waals surface area (Å²) in [5, 5.41) is 5.67. The van der Waals surface area contributed by atoms with E-state index in [-0.39, 0.29) is 11.8 Å². The monoisotopic (exact) mass is 392 g/mol. The zero-order valence-electron chi connectivity index (χ0n) is 16.3. The molecular weight excluding hydrogens is 368 g/mol. The molecule has 1 heterocycles. The number of amides is 2. The van der Waals surface area contributed by atoms with Crippen molar-refractivity contribution in [3.8, 4) is 0 Å². The highest BCUT2D eigenvalue weighted by molar-refractivity contribution is 6.09. The molecule has 0 fully saturated rings. The maximum Gasteiger partial charge on any atom is 0.255 e. The summed E-state index contributed by atoms with van der Waals surface area (Å²) in [5.74, 6) is -0.494. The average Bonchev–Trinajstić information content (AvgIpc) is 3.25. The number of carbonyl (C=O) groups excluding carboxylic acids is 2. The molecule has 2 aromatic carbocycles. The minimum atomic E-state index is -0.265. The molecule has 3 rings (SSSR count). The Kier molecular flexibility index (Phi) is 7.13. The zero-order valence-corrected chi connectivity index (χ0v) is 16.3. The van der Waals surface area contributed by atoms with Gasteiger partial charge in [-0.3, -0.25) is 9.59 Å². The van der Waals surface area contributed by atoms with Crippen molar-refractivity contribution in [1.82, 2.24) is 14.9 Å². The molecule has 7 nitrogen and oxygen atoms in total. The quantitative estimate of drug-likeness (QED) is 0.548. The van der Waals surface area contributed by atoms with Crippen molar-refractivity contribution in [3.05, 3.63) is 83.9 Å². The van der Waals surface area contributed by atoms with Gasteiger partial charge in [0.1, 0.15) is 0 Å². The highest BCUT2D eigenvalue weighted by atomic mass is 16.5. The van der Waals surface area contributed by atoms with E-state index in [4.69, 9.17) is 4.74 Å². The third-order valence-electron chi connectivity index (χ3n) is 4.37. The van der Waals surface area contributed by atoms with Crippen LogP contribution in [0.4, 0.5) is 5.69 Å². The molecule has 0 aliphatic carbocycles. The van der Waals surface area contributed by atoms with Gasteiger partial charge in [-0.05, 0) is 36.2 Å². The van der Waals surface area contributed by atoms with Crippen molar-refractivity contribution in [2.75, 3.05) is 25.6 Å². The number of hydrogen-bond donors (Lipinski definition) is 2. The molecule has 0 aliphatic rings. The molecule has 0 saturated heterocycles. The fourth-order valence-corrected chi connectivity index (χ4v) is 2.85. The lowest BCUT2D eigenvalue weighted by Crippen LogP contribution is -2.26. The molecule has 0 atom stereocenters. The molecule has 7 heteroatoms. The largest absolute Gasteiger partial charge is 0.385 e. The average molecular weight is 392 g/mol. The summed E-state index contributed by atoms with van der Waals surface area (Å²) in [7, 11) is 1.62. The number of imidazole rings is 1. The maximum atomic E-state index is 12.6. The molecular formula is C22H24N4O3. The Bertz CT molecular complexity index is 937. The number of carbonyl (C=O) groups is 2. The van der Waals surface area contributed by atoms with E-state index in [0.29, 0.717) is 36.5 Å². The molecule has 0 radical (unpaired) electrons. The molecule has 29 heavy (non-hydrogen) atoms. The molecule has 0 spiro atoms. The molecule has 0 unspecified atom stereocenters. The van der Waals surface area contributed by atoms with Crippen LogP contribution in [0.3, 0.4) is 0 Å². The second-order valence-corrected chi connectivity index (χ2v) is 6.53. The minimum absolute atomic E-state index is 0.229. The molecule has 2 N–H and O–H groups in total. The number of ether oxygens (including phenoxy) is 1. The summed E-state index contributed by atoms with van der Waals surface area (Å²) in [6, 6.07) is 14.3. The first-order chi connectivity index (χ1) is 14.2. The lowest BCUT2D eigenvalue weighted by atomic mass is 10.1. The van der Waals surface area contributed by atoms with E-state index in [0.717, 1.165) is 12.0 Å². The number of nitrogens with one attached hydrogen (secondary N) is 2. The number of methoxy groups -OCH3 is 1. The molecule has 1 aromatic heterocycles. The summed E-state index contributed by atoms with van der Waals surface area (Å²) < 4.78 is 6.93.